The third-order valence-electron chi connectivity index (χ3n) is 3.77. The molecule has 5 nitrogen and oxygen atoms in total. The van der Waals surface area contributed by atoms with E-state index in [2.05, 4.69) is 15.5 Å². The van der Waals surface area contributed by atoms with Crippen molar-refractivity contribution in [2.24, 2.45) is 0 Å². The molecule has 0 radical (unpaired) electrons. The fourth-order valence-corrected chi connectivity index (χ4v) is 2.70. The van der Waals surface area contributed by atoms with Crippen LogP contribution in [0, 0.1) is 0 Å². The van der Waals surface area contributed by atoms with Gasteiger partial charge in [0.1, 0.15) is 6.10 Å². The van der Waals surface area contributed by atoms with E-state index in [9.17, 15) is 0 Å². The van der Waals surface area contributed by atoms with Crippen molar-refractivity contribution >= 4 is 0 Å². The normalized spacial score (nSPS) is 20.3. The number of nitrogens with zero attached hydrogens (tertiary/aromatic N) is 2. The highest BCUT2D eigenvalue weighted by Gasteiger charge is 2.25. The summed E-state index contributed by atoms with van der Waals surface area (Å²) in [6.45, 7) is 4.56. The van der Waals surface area contributed by atoms with Gasteiger partial charge in [-0.15, -0.1) is 0 Å². The van der Waals surface area contributed by atoms with Gasteiger partial charge in [0, 0.05) is 13.2 Å². The number of rotatable bonds is 5. The van der Waals surface area contributed by atoms with Gasteiger partial charge in [-0.25, -0.2) is 0 Å². The first-order valence-corrected chi connectivity index (χ1v) is 7.59. The molecule has 1 aromatic carbocycles. The maximum absolute atomic E-state index is 5.81. The summed E-state index contributed by atoms with van der Waals surface area (Å²) in [5, 5.41) is 7.52. The van der Waals surface area contributed by atoms with Gasteiger partial charge in [0.2, 0.25) is 11.7 Å². The van der Waals surface area contributed by atoms with Gasteiger partial charge >= 0.3 is 0 Å². The molecule has 0 amide bonds. The van der Waals surface area contributed by atoms with Gasteiger partial charge in [0.15, 0.2) is 0 Å². The van der Waals surface area contributed by atoms with E-state index in [1.165, 1.54) is 0 Å². The van der Waals surface area contributed by atoms with Gasteiger partial charge in [-0.1, -0.05) is 35.5 Å². The van der Waals surface area contributed by atoms with E-state index in [1.54, 1.807) is 0 Å². The van der Waals surface area contributed by atoms with Crippen LogP contribution in [0.2, 0.25) is 0 Å². The zero-order valence-electron chi connectivity index (χ0n) is 12.3. The molecule has 0 bridgehead atoms. The Hall–Kier alpha value is -1.72. The number of ether oxygens (including phenoxy) is 1. The molecule has 2 heterocycles. The van der Waals surface area contributed by atoms with Crippen LogP contribution in [0.1, 0.15) is 49.1 Å². The van der Waals surface area contributed by atoms with Crippen LogP contribution in [0.5, 0.6) is 0 Å². The van der Waals surface area contributed by atoms with Crippen molar-refractivity contribution in [1.29, 1.82) is 0 Å². The Balaban J connectivity index is 1.81. The first-order chi connectivity index (χ1) is 10.4. The third kappa shape index (κ3) is 3.31. The molecule has 5 heteroatoms. The molecule has 2 atom stereocenters. The molecule has 1 unspecified atom stereocenters. The second-order valence-electron chi connectivity index (χ2n) is 5.28. The van der Waals surface area contributed by atoms with Crippen LogP contribution in [0.4, 0.5) is 0 Å². The predicted octanol–water partition coefficient (Wildman–Crippen LogP) is 2.66. The van der Waals surface area contributed by atoms with Crippen molar-refractivity contribution in [2.75, 3.05) is 19.7 Å². The fraction of sp³-hybridized carbons (Fsp3) is 0.500. The highest BCUT2D eigenvalue weighted by atomic mass is 16.5. The van der Waals surface area contributed by atoms with E-state index >= 15 is 0 Å². The first-order valence-electron chi connectivity index (χ1n) is 7.59. The number of hydrogen-bond acceptors (Lipinski definition) is 5. The number of piperidine rings is 1. The maximum Gasteiger partial charge on any atom is 0.231 e. The molecule has 1 saturated heterocycles. The SMILES string of the molecule is CCOC(c1ccccc1)c1noc([C@H]2CCCNC2)n1. The zero-order valence-corrected chi connectivity index (χ0v) is 12.3. The maximum atomic E-state index is 5.81. The van der Waals surface area contributed by atoms with Crippen molar-refractivity contribution in [3.8, 4) is 0 Å². The van der Waals surface area contributed by atoms with Gasteiger partial charge in [-0.05, 0) is 31.9 Å². The van der Waals surface area contributed by atoms with Crippen LogP contribution >= 0.6 is 0 Å². The van der Waals surface area contributed by atoms with Crippen LogP contribution in [0.25, 0.3) is 0 Å². The minimum atomic E-state index is -0.259. The summed E-state index contributed by atoms with van der Waals surface area (Å²) in [5.41, 5.74) is 1.05. The Labute approximate surface area is 124 Å². The minimum Gasteiger partial charge on any atom is -0.366 e. The number of benzene rings is 1. The average Bonchev–Trinajstić information content (AvgIpc) is 3.04. The average molecular weight is 287 g/mol. The number of hydrogen-bond donors (Lipinski definition) is 1. The largest absolute Gasteiger partial charge is 0.366 e. The van der Waals surface area contributed by atoms with Crippen LogP contribution in [0.3, 0.4) is 0 Å². The minimum absolute atomic E-state index is 0.259. The summed E-state index contributed by atoms with van der Waals surface area (Å²) in [7, 11) is 0. The van der Waals surface area contributed by atoms with E-state index in [0.717, 1.165) is 37.4 Å². The Morgan fingerprint density at radius 3 is 2.95 bits per heavy atom. The smallest absolute Gasteiger partial charge is 0.231 e. The Morgan fingerprint density at radius 2 is 2.24 bits per heavy atom. The third-order valence-corrected chi connectivity index (χ3v) is 3.77. The van der Waals surface area contributed by atoms with Gasteiger partial charge < -0.3 is 14.6 Å². The van der Waals surface area contributed by atoms with E-state index in [0.29, 0.717) is 18.3 Å². The Morgan fingerprint density at radius 1 is 1.38 bits per heavy atom. The van der Waals surface area contributed by atoms with Gasteiger partial charge in [-0.2, -0.15) is 4.98 Å². The zero-order chi connectivity index (χ0) is 14.5. The van der Waals surface area contributed by atoms with Crippen molar-refractivity contribution in [2.45, 2.75) is 31.8 Å². The topological polar surface area (TPSA) is 60.2 Å². The highest BCUT2D eigenvalue weighted by molar-refractivity contribution is 5.22. The van der Waals surface area contributed by atoms with Crippen LogP contribution < -0.4 is 5.32 Å². The summed E-state index contributed by atoms with van der Waals surface area (Å²) < 4.78 is 11.3. The summed E-state index contributed by atoms with van der Waals surface area (Å²) in [6, 6.07) is 10.0. The molecule has 1 aliphatic rings. The Bertz CT molecular complexity index is 550. The van der Waals surface area contributed by atoms with Crippen molar-refractivity contribution in [1.82, 2.24) is 15.5 Å². The highest BCUT2D eigenvalue weighted by Crippen LogP contribution is 2.27. The van der Waals surface area contributed by atoms with Crippen molar-refractivity contribution in [3.05, 3.63) is 47.6 Å². The van der Waals surface area contributed by atoms with Crippen LogP contribution in [-0.4, -0.2) is 29.8 Å². The number of aromatic nitrogens is 2. The lowest BCUT2D eigenvalue weighted by Gasteiger charge is -2.19. The molecule has 21 heavy (non-hydrogen) atoms. The second-order valence-corrected chi connectivity index (χ2v) is 5.28. The quantitative estimate of drug-likeness (QED) is 0.916. The summed E-state index contributed by atoms with van der Waals surface area (Å²) in [6.07, 6.45) is 1.99. The lowest BCUT2D eigenvalue weighted by Crippen LogP contribution is -2.28. The van der Waals surface area contributed by atoms with Gasteiger partial charge in [0.25, 0.3) is 0 Å². The van der Waals surface area contributed by atoms with Gasteiger partial charge in [0.05, 0.1) is 5.92 Å². The van der Waals surface area contributed by atoms with E-state index in [1.807, 2.05) is 37.3 Å². The summed E-state index contributed by atoms with van der Waals surface area (Å²) >= 11 is 0. The number of nitrogens with one attached hydrogen (secondary N) is 1. The van der Waals surface area contributed by atoms with Crippen molar-refractivity contribution in [3.63, 3.8) is 0 Å². The second kappa shape index (κ2) is 6.83. The van der Waals surface area contributed by atoms with E-state index < -0.39 is 0 Å². The molecule has 1 aliphatic heterocycles. The summed E-state index contributed by atoms with van der Waals surface area (Å²) in [5.74, 6) is 1.65. The molecule has 2 aromatic rings. The Kier molecular flexibility index (Phi) is 4.62. The predicted molar refractivity (Wildman–Crippen MR) is 79.1 cm³/mol. The molecule has 0 spiro atoms. The first kappa shape index (κ1) is 14.2. The lowest BCUT2D eigenvalue weighted by molar-refractivity contribution is 0.0833. The standard InChI is InChI=1S/C16H21N3O2/c1-2-20-14(12-7-4-3-5-8-12)15-18-16(21-19-15)13-9-6-10-17-11-13/h3-5,7-8,13-14,17H,2,6,9-11H2,1H3/t13-,14?/m0/s1. The van der Waals surface area contributed by atoms with E-state index in [-0.39, 0.29) is 6.10 Å². The molecular weight excluding hydrogens is 266 g/mol. The fourth-order valence-electron chi connectivity index (χ4n) is 2.70. The molecule has 112 valence electrons. The molecule has 1 fully saturated rings. The molecule has 0 aliphatic carbocycles. The molecule has 1 aromatic heterocycles. The monoisotopic (exact) mass is 287 g/mol. The van der Waals surface area contributed by atoms with E-state index in [4.69, 9.17) is 9.26 Å². The summed E-state index contributed by atoms with van der Waals surface area (Å²) in [4.78, 5) is 4.59. The lowest BCUT2D eigenvalue weighted by atomic mass is 10.00. The van der Waals surface area contributed by atoms with Crippen LogP contribution in [0.15, 0.2) is 34.9 Å². The molecule has 0 saturated carbocycles. The van der Waals surface area contributed by atoms with Gasteiger partial charge in [-0.3, -0.25) is 0 Å². The van der Waals surface area contributed by atoms with Crippen molar-refractivity contribution < 1.29 is 9.26 Å². The molecule has 1 N–H and O–H groups in total. The molecule has 3 rings (SSSR count). The van der Waals surface area contributed by atoms with Crippen LogP contribution in [-0.2, 0) is 4.74 Å². The molecular formula is C16H21N3O2.